The van der Waals surface area contributed by atoms with E-state index < -0.39 is 18.5 Å². The van der Waals surface area contributed by atoms with Crippen LogP contribution in [0.25, 0.3) is 10.9 Å². The van der Waals surface area contributed by atoms with Crippen LogP contribution in [0.15, 0.2) is 52.4 Å². The molecule has 8 nitrogen and oxygen atoms in total. The first-order valence-electron chi connectivity index (χ1n) is 10.3. The van der Waals surface area contributed by atoms with Crippen molar-refractivity contribution >= 4 is 72.7 Å². The summed E-state index contributed by atoms with van der Waals surface area (Å²) in [7, 11) is 1.54. The smallest absolute Gasteiger partial charge is 0.310 e. The van der Waals surface area contributed by atoms with Gasteiger partial charge < -0.3 is 9.47 Å². The number of fused-ring (bicyclic) bond motifs is 1. The fourth-order valence-corrected chi connectivity index (χ4v) is 4.85. The Morgan fingerprint density at radius 1 is 1.17 bits per heavy atom. The van der Waals surface area contributed by atoms with E-state index in [1.54, 1.807) is 60.2 Å². The molecule has 0 radical (unpaired) electrons. The molecule has 4 rings (SSSR count). The molecule has 0 atom stereocenters. The highest BCUT2D eigenvalue weighted by molar-refractivity contribution is 9.11. The summed E-state index contributed by atoms with van der Waals surface area (Å²) in [6.45, 7) is 1.30. The van der Waals surface area contributed by atoms with E-state index in [9.17, 15) is 14.4 Å². The molecule has 11 heteroatoms. The Balaban J connectivity index is 1.58. The van der Waals surface area contributed by atoms with Gasteiger partial charge in [-0.15, -0.1) is 0 Å². The van der Waals surface area contributed by atoms with Crippen molar-refractivity contribution in [3.05, 3.63) is 74.3 Å². The van der Waals surface area contributed by atoms with E-state index >= 15 is 0 Å². The number of amides is 1. The van der Waals surface area contributed by atoms with E-state index in [2.05, 4.69) is 26.2 Å². The molecule has 0 saturated carbocycles. The summed E-state index contributed by atoms with van der Waals surface area (Å²) in [4.78, 5) is 42.1. The van der Waals surface area contributed by atoms with Gasteiger partial charge in [0, 0.05) is 21.7 Å². The number of aromatic nitrogens is 2. The van der Waals surface area contributed by atoms with E-state index in [4.69, 9.17) is 21.1 Å². The fraction of sp³-hybridized carbons (Fsp3) is 0.167. The van der Waals surface area contributed by atoms with Crippen LogP contribution in [0.2, 0.25) is 5.02 Å². The van der Waals surface area contributed by atoms with E-state index in [1.165, 1.54) is 18.4 Å². The Kier molecular flexibility index (Phi) is 7.54. The second-order valence-electron chi connectivity index (χ2n) is 7.45. The number of esters is 1. The highest BCUT2D eigenvalue weighted by atomic mass is 79.9. The van der Waals surface area contributed by atoms with Crippen molar-refractivity contribution in [3.63, 3.8) is 0 Å². The van der Waals surface area contributed by atoms with Crippen molar-refractivity contribution in [2.45, 2.75) is 13.3 Å². The Hall–Kier alpha value is -3.21. The molecule has 0 aliphatic carbocycles. The van der Waals surface area contributed by atoms with Crippen LogP contribution >= 0.6 is 38.9 Å². The van der Waals surface area contributed by atoms with E-state index in [0.717, 1.165) is 3.79 Å². The number of halogens is 2. The molecular weight excluding hydrogens is 558 g/mol. The van der Waals surface area contributed by atoms with Gasteiger partial charge in [0.15, 0.2) is 11.7 Å². The number of carbonyl (C=O) groups is 3. The van der Waals surface area contributed by atoms with Gasteiger partial charge in [0.05, 0.1) is 29.0 Å². The van der Waals surface area contributed by atoms with Crippen LogP contribution in [0.4, 0.5) is 5.13 Å². The molecule has 4 aromatic rings. The summed E-state index contributed by atoms with van der Waals surface area (Å²) in [6, 6.07) is 11.9. The highest BCUT2D eigenvalue weighted by Gasteiger charge is 2.23. The minimum absolute atomic E-state index is 0.132. The first kappa shape index (κ1) is 24.9. The zero-order valence-electron chi connectivity index (χ0n) is 18.6. The number of thiazole rings is 1. The Morgan fingerprint density at radius 2 is 1.91 bits per heavy atom. The maximum absolute atomic E-state index is 13.3. The molecule has 2 aromatic carbocycles. The summed E-state index contributed by atoms with van der Waals surface area (Å²) in [5.74, 6) is -0.788. The number of ether oxygens (including phenoxy) is 2. The maximum atomic E-state index is 13.3. The van der Waals surface area contributed by atoms with E-state index in [0.29, 0.717) is 43.6 Å². The summed E-state index contributed by atoms with van der Waals surface area (Å²) in [5, 5.41) is 4.16. The van der Waals surface area contributed by atoms with Crippen molar-refractivity contribution < 1.29 is 23.9 Å². The molecule has 2 aromatic heterocycles. The quantitative estimate of drug-likeness (QED) is 0.302. The second kappa shape index (κ2) is 10.6. The molecular formula is C24H19BrClN3O5S. The predicted molar refractivity (Wildman–Crippen MR) is 138 cm³/mol. The third-order valence-corrected chi connectivity index (χ3v) is 6.89. The zero-order valence-corrected chi connectivity index (χ0v) is 21.8. The van der Waals surface area contributed by atoms with Crippen LogP contribution in [0.5, 0.6) is 5.75 Å². The molecule has 0 aliphatic rings. The van der Waals surface area contributed by atoms with Crippen molar-refractivity contribution in [3.8, 4) is 5.75 Å². The minimum atomic E-state index is -0.607. The monoisotopic (exact) mass is 575 g/mol. The van der Waals surface area contributed by atoms with E-state index in [1.807, 2.05) is 0 Å². The standard InChI is InChI=1S/C24H19BrClN3O5S/c1-13-17(10-22(31)34-12-21(30)28-24-27-11-20(25)35-24)18-9-16(33-2)7-8-19(18)29(13)23(32)14-3-5-15(26)6-4-14/h3-9,11H,10,12H2,1-2H3,(H,27,28,30). The average Bonchev–Trinajstić information content (AvgIpc) is 3.37. The van der Waals surface area contributed by atoms with Gasteiger partial charge in [-0.25, -0.2) is 4.98 Å². The maximum Gasteiger partial charge on any atom is 0.310 e. The van der Waals surface area contributed by atoms with Crippen LogP contribution in [0.1, 0.15) is 21.6 Å². The average molecular weight is 577 g/mol. The van der Waals surface area contributed by atoms with Crippen LogP contribution in [-0.4, -0.2) is 41.1 Å². The Bertz CT molecular complexity index is 1430. The molecule has 0 unspecified atom stereocenters. The number of hydrogen-bond acceptors (Lipinski definition) is 7. The van der Waals surface area contributed by atoms with Gasteiger partial charge in [0.2, 0.25) is 0 Å². The molecule has 180 valence electrons. The number of nitrogens with one attached hydrogen (secondary N) is 1. The SMILES string of the molecule is COc1ccc2c(c1)c(CC(=O)OCC(=O)Nc1ncc(Br)s1)c(C)n2C(=O)c1ccc(Cl)cc1. The van der Waals surface area contributed by atoms with Crippen LogP contribution in [0, 0.1) is 6.92 Å². The highest BCUT2D eigenvalue weighted by Crippen LogP contribution is 2.31. The van der Waals surface area contributed by atoms with Gasteiger partial charge in [0.1, 0.15) is 5.75 Å². The number of hydrogen-bond donors (Lipinski definition) is 1. The summed E-state index contributed by atoms with van der Waals surface area (Å²) in [5.41, 5.74) is 2.26. The van der Waals surface area contributed by atoms with Gasteiger partial charge in [-0.2, -0.15) is 0 Å². The first-order valence-corrected chi connectivity index (χ1v) is 12.3. The number of carbonyl (C=O) groups excluding carboxylic acids is 3. The van der Waals surface area contributed by atoms with Crippen molar-refractivity contribution in [2.75, 3.05) is 19.0 Å². The molecule has 35 heavy (non-hydrogen) atoms. The predicted octanol–water partition coefficient (Wildman–Crippen LogP) is 5.24. The molecule has 0 bridgehead atoms. The number of anilines is 1. The van der Waals surface area contributed by atoms with Crippen molar-refractivity contribution in [1.29, 1.82) is 0 Å². The Labute approximate surface area is 217 Å². The number of benzene rings is 2. The largest absolute Gasteiger partial charge is 0.497 e. The zero-order chi connectivity index (χ0) is 25.1. The van der Waals surface area contributed by atoms with Crippen LogP contribution in [0.3, 0.4) is 0 Å². The molecule has 0 aliphatic heterocycles. The molecule has 2 heterocycles. The lowest BCUT2D eigenvalue weighted by atomic mass is 10.1. The third-order valence-electron chi connectivity index (χ3n) is 5.25. The lowest BCUT2D eigenvalue weighted by Crippen LogP contribution is -2.21. The minimum Gasteiger partial charge on any atom is -0.497 e. The molecule has 0 saturated heterocycles. The molecule has 0 fully saturated rings. The Morgan fingerprint density at radius 3 is 2.57 bits per heavy atom. The van der Waals surface area contributed by atoms with E-state index in [-0.39, 0.29) is 12.3 Å². The summed E-state index contributed by atoms with van der Waals surface area (Å²) in [6.07, 6.45) is 1.43. The molecule has 1 N–H and O–H groups in total. The third kappa shape index (κ3) is 5.55. The van der Waals surface area contributed by atoms with Gasteiger partial charge in [-0.1, -0.05) is 22.9 Å². The van der Waals surface area contributed by atoms with Gasteiger partial charge >= 0.3 is 5.97 Å². The van der Waals surface area contributed by atoms with Crippen molar-refractivity contribution in [1.82, 2.24) is 9.55 Å². The summed E-state index contributed by atoms with van der Waals surface area (Å²) < 4.78 is 12.8. The normalized spacial score (nSPS) is 10.9. The second-order valence-corrected chi connectivity index (χ2v) is 10.3. The first-order chi connectivity index (χ1) is 16.8. The molecule has 0 spiro atoms. The van der Waals surface area contributed by atoms with Crippen LogP contribution < -0.4 is 10.1 Å². The molecule has 1 amide bonds. The fourth-order valence-electron chi connectivity index (χ4n) is 3.60. The topological polar surface area (TPSA) is 99.5 Å². The lowest BCUT2D eigenvalue weighted by Gasteiger charge is -2.08. The van der Waals surface area contributed by atoms with Gasteiger partial charge in [-0.05, 0) is 70.9 Å². The number of nitrogens with zero attached hydrogens (tertiary/aromatic N) is 2. The van der Waals surface area contributed by atoms with Gasteiger partial charge in [0.25, 0.3) is 11.8 Å². The van der Waals surface area contributed by atoms with Gasteiger partial charge in [-0.3, -0.25) is 24.3 Å². The van der Waals surface area contributed by atoms with Crippen LogP contribution in [-0.2, 0) is 20.7 Å². The number of rotatable bonds is 7. The lowest BCUT2D eigenvalue weighted by molar-refractivity contribution is -0.146. The summed E-state index contributed by atoms with van der Waals surface area (Å²) >= 11 is 10.5. The number of methoxy groups -OCH3 is 1. The van der Waals surface area contributed by atoms with Crippen molar-refractivity contribution in [2.24, 2.45) is 0 Å².